The van der Waals surface area contributed by atoms with E-state index in [2.05, 4.69) is 9.80 Å². The lowest BCUT2D eigenvalue weighted by Gasteiger charge is -2.41. The highest BCUT2D eigenvalue weighted by Crippen LogP contribution is 2.31. The van der Waals surface area contributed by atoms with Gasteiger partial charge in [0.05, 0.1) is 5.60 Å². The Morgan fingerprint density at radius 1 is 1.21 bits per heavy atom. The molecule has 8 heteroatoms. The number of fused-ring (bicyclic) bond motifs is 2. The van der Waals surface area contributed by atoms with Crippen molar-refractivity contribution in [1.82, 2.24) is 15.1 Å². The molecule has 2 fully saturated rings. The predicted molar refractivity (Wildman–Crippen MR) is 95.6 cm³/mol. The molecule has 0 aliphatic carbocycles. The molecule has 0 spiro atoms. The Balaban J connectivity index is 0.000000777. The van der Waals surface area contributed by atoms with Crippen molar-refractivity contribution in [3.8, 4) is 0 Å². The quantitative estimate of drug-likeness (QED) is 0.702. The van der Waals surface area contributed by atoms with E-state index in [1.54, 1.807) is 0 Å². The monoisotopic (exact) mass is 365 g/mol. The molecule has 2 bridgehead atoms. The molecule has 2 rings (SSSR count). The Kier molecular flexibility index (Phi) is 9.62. The van der Waals surface area contributed by atoms with Crippen molar-refractivity contribution in [3.63, 3.8) is 0 Å². The lowest BCUT2D eigenvalue weighted by molar-refractivity contribution is -0.136. The van der Waals surface area contributed by atoms with E-state index in [1.807, 2.05) is 26.1 Å². The predicted octanol–water partition coefficient (Wildman–Crippen LogP) is 1.54. The first-order valence-corrected chi connectivity index (χ1v) is 8.34. The minimum absolute atomic E-state index is 0. The number of hydrogen-bond donors (Lipinski definition) is 3. The second kappa shape index (κ2) is 10.1. The maximum Gasteiger partial charge on any atom is 0.404 e. The SMILES string of the molecule is CCC(=O)N1C2CCC1CN(CCC(C)(C)O)C2.CNC(=O)O.Cl. The standard InChI is InChI=1S/C14H26N2O2.C2H5NO2.ClH/c1-4-13(17)16-11-5-6-12(16)10-15(9-11)8-7-14(2,3)18;1-3-2(4)5;/h11-12,18H,4-10H2,1-3H3;3H,1H3,(H,4,5);1H. The number of carbonyl (C=O) groups excluding carboxylic acids is 1. The second-order valence-corrected chi connectivity index (χ2v) is 6.92. The Bertz CT molecular complexity index is 401. The minimum Gasteiger partial charge on any atom is -0.465 e. The molecule has 0 radical (unpaired) electrons. The van der Waals surface area contributed by atoms with Crippen LogP contribution in [0, 0.1) is 0 Å². The number of piperazine rings is 1. The average Bonchev–Trinajstić information content (AvgIpc) is 2.75. The molecule has 0 aromatic heterocycles. The highest BCUT2D eigenvalue weighted by Gasteiger charge is 2.41. The molecule has 0 aromatic carbocycles. The summed E-state index contributed by atoms with van der Waals surface area (Å²) in [5.41, 5.74) is -0.588. The number of aliphatic hydroxyl groups is 1. The lowest BCUT2D eigenvalue weighted by atomic mass is 10.0. The van der Waals surface area contributed by atoms with Gasteiger partial charge in [0.2, 0.25) is 5.91 Å². The summed E-state index contributed by atoms with van der Waals surface area (Å²) in [6.45, 7) is 8.57. The molecule has 2 aliphatic rings. The summed E-state index contributed by atoms with van der Waals surface area (Å²) in [6.07, 6.45) is 2.72. The number of nitrogens with one attached hydrogen (secondary N) is 1. The van der Waals surface area contributed by atoms with Crippen molar-refractivity contribution in [1.29, 1.82) is 0 Å². The van der Waals surface area contributed by atoms with Crippen molar-refractivity contribution >= 4 is 24.4 Å². The highest BCUT2D eigenvalue weighted by atomic mass is 35.5. The fraction of sp³-hybridized carbons (Fsp3) is 0.875. The Hall–Kier alpha value is -1.05. The summed E-state index contributed by atoms with van der Waals surface area (Å²) in [5, 5.41) is 19.3. The number of halogens is 1. The van der Waals surface area contributed by atoms with Crippen LogP contribution in [0.5, 0.6) is 0 Å². The summed E-state index contributed by atoms with van der Waals surface area (Å²) in [5.74, 6) is 0.310. The molecule has 7 nitrogen and oxygen atoms in total. The van der Waals surface area contributed by atoms with Crippen LogP contribution in [0.4, 0.5) is 4.79 Å². The zero-order chi connectivity index (χ0) is 17.6. The molecule has 2 amide bonds. The van der Waals surface area contributed by atoms with Crippen LogP contribution in [0.1, 0.15) is 46.5 Å². The minimum atomic E-state index is -0.995. The van der Waals surface area contributed by atoms with Gasteiger partial charge in [-0.2, -0.15) is 0 Å². The van der Waals surface area contributed by atoms with Crippen molar-refractivity contribution in [2.24, 2.45) is 0 Å². The zero-order valence-electron chi connectivity index (χ0n) is 15.1. The van der Waals surface area contributed by atoms with Gasteiger partial charge in [-0.15, -0.1) is 12.4 Å². The molecule has 24 heavy (non-hydrogen) atoms. The van der Waals surface area contributed by atoms with E-state index < -0.39 is 11.7 Å². The molecular weight excluding hydrogens is 334 g/mol. The molecule has 142 valence electrons. The van der Waals surface area contributed by atoms with E-state index in [4.69, 9.17) is 5.11 Å². The Morgan fingerprint density at radius 3 is 2.00 bits per heavy atom. The molecular formula is C16H32ClN3O4. The van der Waals surface area contributed by atoms with Gasteiger partial charge in [-0.1, -0.05) is 6.92 Å². The first kappa shape index (κ1) is 22.9. The third-order valence-corrected chi connectivity index (χ3v) is 4.40. The molecule has 2 atom stereocenters. The number of amides is 2. The number of nitrogens with zero attached hydrogens (tertiary/aromatic N) is 2. The van der Waals surface area contributed by atoms with Crippen LogP contribution in [-0.2, 0) is 4.79 Å². The van der Waals surface area contributed by atoms with Gasteiger partial charge in [-0.3, -0.25) is 9.69 Å². The number of likely N-dealkylation sites (tertiary alicyclic amines) is 1. The third kappa shape index (κ3) is 7.23. The molecule has 3 N–H and O–H groups in total. The largest absolute Gasteiger partial charge is 0.465 e. The van der Waals surface area contributed by atoms with Gasteiger partial charge in [0.15, 0.2) is 0 Å². The van der Waals surface area contributed by atoms with Crippen LogP contribution in [0.15, 0.2) is 0 Å². The van der Waals surface area contributed by atoms with Crippen molar-refractivity contribution < 1.29 is 19.8 Å². The fourth-order valence-electron chi connectivity index (χ4n) is 3.19. The van der Waals surface area contributed by atoms with Crippen LogP contribution in [0.2, 0.25) is 0 Å². The maximum atomic E-state index is 11.9. The number of carbonyl (C=O) groups is 2. The van der Waals surface area contributed by atoms with Crippen LogP contribution < -0.4 is 5.32 Å². The number of carboxylic acid groups (broad SMARTS) is 1. The summed E-state index contributed by atoms with van der Waals surface area (Å²) < 4.78 is 0. The lowest BCUT2D eigenvalue weighted by Crippen LogP contribution is -2.56. The van der Waals surface area contributed by atoms with Crippen molar-refractivity contribution in [3.05, 3.63) is 0 Å². The van der Waals surface area contributed by atoms with Crippen LogP contribution in [-0.4, -0.2) is 76.4 Å². The van der Waals surface area contributed by atoms with Gasteiger partial charge in [0, 0.05) is 45.2 Å². The summed E-state index contributed by atoms with van der Waals surface area (Å²) in [7, 11) is 1.35. The number of hydrogen-bond acceptors (Lipinski definition) is 4. The van der Waals surface area contributed by atoms with Gasteiger partial charge in [0.1, 0.15) is 0 Å². The van der Waals surface area contributed by atoms with Crippen molar-refractivity contribution in [2.45, 2.75) is 64.1 Å². The summed E-state index contributed by atoms with van der Waals surface area (Å²) in [6, 6.07) is 0.830. The van der Waals surface area contributed by atoms with Crippen LogP contribution in [0.3, 0.4) is 0 Å². The van der Waals surface area contributed by atoms with Gasteiger partial charge >= 0.3 is 6.09 Å². The second-order valence-electron chi connectivity index (χ2n) is 6.92. The zero-order valence-corrected chi connectivity index (χ0v) is 15.9. The highest BCUT2D eigenvalue weighted by molar-refractivity contribution is 5.85. The van der Waals surface area contributed by atoms with Gasteiger partial charge in [-0.25, -0.2) is 4.79 Å². The molecule has 2 heterocycles. The Morgan fingerprint density at radius 2 is 1.67 bits per heavy atom. The first-order valence-electron chi connectivity index (χ1n) is 8.34. The summed E-state index contributed by atoms with van der Waals surface area (Å²) in [4.78, 5) is 25.7. The smallest absolute Gasteiger partial charge is 0.404 e. The first-order chi connectivity index (χ1) is 10.7. The summed E-state index contributed by atoms with van der Waals surface area (Å²) >= 11 is 0. The van der Waals surface area contributed by atoms with E-state index in [0.717, 1.165) is 38.9 Å². The van der Waals surface area contributed by atoms with Gasteiger partial charge < -0.3 is 20.4 Å². The molecule has 2 saturated heterocycles. The Labute approximate surface area is 150 Å². The van der Waals surface area contributed by atoms with E-state index in [9.17, 15) is 14.7 Å². The molecule has 2 unspecified atom stereocenters. The van der Waals surface area contributed by atoms with E-state index in [0.29, 0.717) is 24.4 Å². The van der Waals surface area contributed by atoms with Crippen LogP contribution in [0.25, 0.3) is 0 Å². The fourth-order valence-corrected chi connectivity index (χ4v) is 3.19. The third-order valence-electron chi connectivity index (χ3n) is 4.40. The average molecular weight is 366 g/mol. The molecule has 2 aliphatic heterocycles. The topological polar surface area (TPSA) is 93.1 Å². The number of rotatable bonds is 4. The molecule has 0 saturated carbocycles. The van der Waals surface area contributed by atoms with Crippen LogP contribution >= 0.6 is 12.4 Å². The van der Waals surface area contributed by atoms with E-state index >= 15 is 0 Å². The maximum absolute atomic E-state index is 11.9. The normalized spacial score (nSPS) is 23.0. The van der Waals surface area contributed by atoms with E-state index in [-0.39, 0.29) is 12.4 Å². The van der Waals surface area contributed by atoms with E-state index in [1.165, 1.54) is 7.05 Å². The van der Waals surface area contributed by atoms with Gasteiger partial charge in [0.25, 0.3) is 0 Å². The van der Waals surface area contributed by atoms with Crippen molar-refractivity contribution in [2.75, 3.05) is 26.7 Å². The van der Waals surface area contributed by atoms with Gasteiger partial charge in [-0.05, 0) is 33.1 Å². The molecule has 0 aromatic rings.